The van der Waals surface area contributed by atoms with Gasteiger partial charge in [-0.3, -0.25) is 13.6 Å². The molecule has 0 N–H and O–H groups in total. The minimum Gasteiger partial charge on any atom is -0.287 e. The molecule has 0 aliphatic heterocycles. The van der Waals surface area contributed by atoms with Crippen LogP contribution in [-0.2, 0) is 18.1 Å². The molecule has 4 nitrogen and oxygen atoms in total. The lowest BCUT2D eigenvalue weighted by Gasteiger charge is -2.39. The minimum atomic E-state index is -8.33. The van der Waals surface area contributed by atoms with E-state index in [2.05, 4.69) is 13.6 Å². The van der Waals surface area contributed by atoms with Gasteiger partial charge in [0.15, 0.2) is 11.7 Å². The molecule has 0 radical (unpaired) electrons. The van der Waals surface area contributed by atoms with Crippen molar-refractivity contribution in [3.63, 3.8) is 0 Å². The molecule has 48 heavy (non-hydrogen) atoms. The zero-order valence-corrected chi connectivity index (χ0v) is 23.7. The third-order valence-corrected chi connectivity index (χ3v) is 7.04. The van der Waals surface area contributed by atoms with Crippen molar-refractivity contribution in [3.05, 3.63) is 23.8 Å². The highest BCUT2D eigenvalue weighted by atomic mass is 31.2. The quantitative estimate of drug-likeness (QED) is 0.0789. The first-order valence-corrected chi connectivity index (χ1v) is 13.1. The molecule has 0 saturated heterocycles. The Labute approximate surface area is 251 Å². The van der Waals surface area contributed by atoms with Crippen LogP contribution in [0, 0.1) is 0 Å². The van der Waals surface area contributed by atoms with Gasteiger partial charge in [0.2, 0.25) is 0 Å². The lowest BCUT2D eigenvalue weighted by atomic mass is 9.92. The number of rotatable bonds is 18. The fraction of sp³-hybridized carbons (Fsp3) is 0.800. The van der Waals surface area contributed by atoms with Crippen molar-refractivity contribution < 1.29 is 119 Å². The van der Waals surface area contributed by atoms with Crippen molar-refractivity contribution in [2.75, 3.05) is 19.8 Å². The molecule has 0 atom stereocenters. The van der Waals surface area contributed by atoms with Gasteiger partial charge in [-0.1, -0.05) is 0 Å². The maximum atomic E-state index is 14.0. The van der Waals surface area contributed by atoms with Gasteiger partial charge in [-0.05, 0) is 26.0 Å². The highest BCUT2D eigenvalue weighted by Gasteiger charge is 2.88. The monoisotopic (exact) mass is 788 g/mol. The molecule has 286 valence electrons. The fourth-order valence-corrected chi connectivity index (χ4v) is 3.89. The average Bonchev–Trinajstić information content (AvgIpc) is 2.89. The van der Waals surface area contributed by atoms with E-state index < -0.39 is 117 Å². The Morgan fingerprint density at radius 2 is 0.812 bits per heavy atom. The van der Waals surface area contributed by atoms with E-state index in [1.165, 1.54) is 0 Å². The second-order valence-corrected chi connectivity index (χ2v) is 10.4. The smallest absolute Gasteiger partial charge is 0.287 e. The van der Waals surface area contributed by atoms with E-state index in [-0.39, 0.29) is 0 Å². The summed E-state index contributed by atoms with van der Waals surface area (Å²) in [6.45, 7) is -1.15. The zero-order valence-electron chi connectivity index (χ0n) is 22.8. The van der Waals surface area contributed by atoms with E-state index in [1.807, 2.05) is 0 Å². The van der Waals surface area contributed by atoms with E-state index in [1.54, 1.807) is 0 Å². The summed E-state index contributed by atoms with van der Waals surface area (Å²) in [6.07, 6.45) is -14.9. The second kappa shape index (κ2) is 13.9. The standard InChI is InChI=1S/C20H16F23O4P/c1-3-45-48(44,46-4-2)47-8-7-11(23,24)14(29,30)17(35,36)15(31,32)12(25,26)9(21)5-6-10(22)13(27,28)16(33,34)18(37,38)19(39,40)20(41,42)43/h5-6H,3-4,7-8H2,1-2H3. The van der Waals surface area contributed by atoms with E-state index in [0.717, 1.165) is 13.8 Å². The summed E-state index contributed by atoms with van der Waals surface area (Å²) in [5, 5.41) is 0. The maximum absolute atomic E-state index is 14.0. The molecular weight excluding hydrogens is 772 g/mol. The van der Waals surface area contributed by atoms with Crippen molar-refractivity contribution in [2.24, 2.45) is 0 Å². The molecule has 0 aromatic carbocycles. The van der Waals surface area contributed by atoms with Gasteiger partial charge in [0.25, 0.3) is 0 Å². The second-order valence-electron chi connectivity index (χ2n) is 8.69. The van der Waals surface area contributed by atoms with Crippen LogP contribution in [0.3, 0.4) is 0 Å². The van der Waals surface area contributed by atoms with Crippen molar-refractivity contribution in [2.45, 2.75) is 79.7 Å². The van der Waals surface area contributed by atoms with Gasteiger partial charge in [0.05, 0.1) is 19.8 Å². The van der Waals surface area contributed by atoms with Crippen molar-refractivity contribution in [3.8, 4) is 0 Å². The van der Waals surface area contributed by atoms with Crippen molar-refractivity contribution in [1.29, 1.82) is 0 Å². The zero-order chi connectivity index (χ0) is 39.0. The van der Waals surface area contributed by atoms with Gasteiger partial charge < -0.3 is 0 Å². The van der Waals surface area contributed by atoms with E-state index in [9.17, 15) is 106 Å². The molecule has 0 spiro atoms. The molecule has 0 fully saturated rings. The number of alkyl halides is 21. The molecule has 0 saturated carbocycles. The Kier molecular flexibility index (Phi) is 13.4. The first kappa shape index (κ1) is 46.0. The van der Waals surface area contributed by atoms with Gasteiger partial charge in [-0.15, -0.1) is 0 Å². The van der Waals surface area contributed by atoms with Crippen LogP contribution in [-0.4, -0.2) is 79.3 Å². The number of hydrogen-bond donors (Lipinski definition) is 0. The van der Waals surface area contributed by atoms with Gasteiger partial charge in [0.1, 0.15) is 0 Å². The van der Waals surface area contributed by atoms with Gasteiger partial charge in [-0.25, -0.2) is 13.3 Å². The third-order valence-electron chi connectivity index (χ3n) is 5.40. The topological polar surface area (TPSA) is 44.8 Å². The minimum absolute atomic E-state index is 0.595. The molecule has 0 aromatic rings. The molecule has 0 aliphatic rings. The van der Waals surface area contributed by atoms with Crippen LogP contribution in [0.4, 0.5) is 101 Å². The van der Waals surface area contributed by atoms with Crippen LogP contribution >= 0.6 is 7.82 Å². The number of halogens is 23. The molecule has 0 bridgehead atoms. The van der Waals surface area contributed by atoms with Crippen molar-refractivity contribution >= 4 is 7.82 Å². The Morgan fingerprint density at radius 1 is 0.500 bits per heavy atom. The predicted molar refractivity (Wildman–Crippen MR) is 110 cm³/mol. The van der Waals surface area contributed by atoms with Crippen LogP contribution in [0.2, 0.25) is 0 Å². The largest absolute Gasteiger partial charge is 0.474 e. The first-order valence-electron chi connectivity index (χ1n) is 11.6. The molecule has 0 amide bonds. The Morgan fingerprint density at radius 3 is 1.10 bits per heavy atom. The number of phosphoric acid groups is 1. The van der Waals surface area contributed by atoms with E-state index in [4.69, 9.17) is 0 Å². The Hall–Kier alpha value is -2.02. The highest BCUT2D eigenvalue weighted by Crippen LogP contribution is 2.61. The van der Waals surface area contributed by atoms with Crippen LogP contribution in [0.25, 0.3) is 0 Å². The number of allylic oxidation sites excluding steroid dienone is 4. The van der Waals surface area contributed by atoms with Crippen LogP contribution in [0.15, 0.2) is 23.8 Å². The normalized spacial score (nSPS) is 16.5. The van der Waals surface area contributed by atoms with Crippen LogP contribution in [0.1, 0.15) is 20.3 Å². The Bertz CT molecular complexity index is 1210. The van der Waals surface area contributed by atoms with E-state index in [0.29, 0.717) is 0 Å². The molecule has 0 heterocycles. The third kappa shape index (κ3) is 7.66. The van der Waals surface area contributed by atoms with Gasteiger partial charge >= 0.3 is 67.3 Å². The lowest BCUT2D eigenvalue weighted by Crippen LogP contribution is -2.67. The summed E-state index contributed by atoms with van der Waals surface area (Å²) < 4.78 is 333. The van der Waals surface area contributed by atoms with Gasteiger partial charge in [-0.2, -0.15) is 92.2 Å². The Balaban J connectivity index is 6.62. The fourth-order valence-electron chi connectivity index (χ4n) is 2.72. The highest BCUT2D eigenvalue weighted by molar-refractivity contribution is 7.48. The average molecular weight is 788 g/mol. The summed E-state index contributed by atoms with van der Waals surface area (Å²) >= 11 is 0. The summed E-state index contributed by atoms with van der Waals surface area (Å²) in [4.78, 5) is 0. The molecule has 0 aliphatic carbocycles. The van der Waals surface area contributed by atoms with Crippen LogP contribution in [0.5, 0.6) is 0 Å². The summed E-state index contributed by atoms with van der Waals surface area (Å²) in [6, 6.07) is 0. The molecule has 0 rings (SSSR count). The summed E-state index contributed by atoms with van der Waals surface area (Å²) in [5.41, 5.74) is 0. The lowest BCUT2D eigenvalue weighted by molar-refractivity contribution is -0.419. The summed E-state index contributed by atoms with van der Waals surface area (Å²) in [5.74, 6) is -80.0. The van der Waals surface area contributed by atoms with Gasteiger partial charge in [0, 0.05) is 6.42 Å². The molecule has 0 aromatic heterocycles. The van der Waals surface area contributed by atoms with E-state index >= 15 is 0 Å². The van der Waals surface area contributed by atoms with Crippen molar-refractivity contribution in [1.82, 2.24) is 0 Å². The number of hydrogen-bond acceptors (Lipinski definition) is 4. The molecule has 0 unspecified atom stereocenters. The van der Waals surface area contributed by atoms with Crippen LogP contribution < -0.4 is 0 Å². The first-order chi connectivity index (χ1) is 20.9. The summed E-state index contributed by atoms with van der Waals surface area (Å²) in [7, 11) is -4.89. The molecule has 28 heteroatoms. The maximum Gasteiger partial charge on any atom is 0.474 e. The number of phosphoric ester groups is 1. The SMILES string of the molecule is CCOP(=O)(OCC)OCCC(F)(F)C(F)(F)C(F)(F)C(F)(F)C(F)(F)C(F)=CC=C(F)C(F)(F)C(F)(F)C(F)(F)C(F)(F)C(F)(F)F. The predicted octanol–water partition coefficient (Wildman–Crippen LogP) is 10.6. The molecular formula is C20H16F23O4P.